The first-order valence-electron chi connectivity index (χ1n) is 7.97. The molecule has 3 nitrogen and oxygen atoms in total. The van der Waals surface area contributed by atoms with Crippen LogP contribution in [0.3, 0.4) is 0 Å². The first kappa shape index (κ1) is 15.0. The molecule has 19 heavy (non-hydrogen) atoms. The van der Waals surface area contributed by atoms with Gasteiger partial charge >= 0.3 is 0 Å². The molecule has 0 aliphatic carbocycles. The summed E-state index contributed by atoms with van der Waals surface area (Å²) in [5, 5.41) is 0. The number of ether oxygens (including phenoxy) is 1. The lowest BCUT2D eigenvalue weighted by Gasteiger charge is -2.37. The van der Waals surface area contributed by atoms with Crippen LogP contribution in [-0.4, -0.2) is 42.5 Å². The van der Waals surface area contributed by atoms with Gasteiger partial charge in [-0.1, -0.05) is 12.8 Å². The average Bonchev–Trinajstić information content (AvgIpc) is 2.69. The number of hydrogen-bond donors (Lipinski definition) is 0. The third-order valence-corrected chi connectivity index (χ3v) is 4.89. The Morgan fingerprint density at radius 1 is 1.11 bits per heavy atom. The highest BCUT2D eigenvalue weighted by Gasteiger charge is 2.35. The fraction of sp³-hybridized carbons (Fsp3) is 0.938. The summed E-state index contributed by atoms with van der Waals surface area (Å²) in [6.07, 6.45) is 7.99. The van der Waals surface area contributed by atoms with Gasteiger partial charge in [0.1, 0.15) is 0 Å². The van der Waals surface area contributed by atoms with Crippen LogP contribution < -0.4 is 0 Å². The van der Waals surface area contributed by atoms with Gasteiger partial charge in [0.15, 0.2) is 5.78 Å². The molecule has 2 aliphatic rings. The zero-order valence-corrected chi connectivity index (χ0v) is 12.6. The molecule has 3 heteroatoms. The van der Waals surface area contributed by atoms with E-state index in [2.05, 4.69) is 18.7 Å². The van der Waals surface area contributed by atoms with Crippen LogP contribution in [0.2, 0.25) is 0 Å². The van der Waals surface area contributed by atoms with Crippen molar-refractivity contribution in [2.45, 2.75) is 64.3 Å². The van der Waals surface area contributed by atoms with E-state index in [4.69, 9.17) is 4.74 Å². The maximum Gasteiger partial charge on any atom is 0.152 e. The minimum absolute atomic E-state index is 0.275. The number of carbonyl (C=O) groups is 1. The molecule has 0 radical (unpaired) electrons. The van der Waals surface area contributed by atoms with Crippen LogP contribution >= 0.6 is 0 Å². The molecule has 2 rings (SSSR count). The van der Waals surface area contributed by atoms with Crippen molar-refractivity contribution < 1.29 is 9.53 Å². The summed E-state index contributed by atoms with van der Waals surface area (Å²) in [5.41, 5.74) is -0.275. The summed E-state index contributed by atoms with van der Waals surface area (Å²) in [4.78, 5) is 15.1. The lowest BCUT2D eigenvalue weighted by atomic mass is 9.86. The highest BCUT2D eigenvalue weighted by atomic mass is 16.5. The number of nitrogens with zero attached hydrogens (tertiary/aromatic N) is 1. The van der Waals surface area contributed by atoms with Crippen LogP contribution in [0.4, 0.5) is 0 Å². The van der Waals surface area contributed by atoms with Crippen LogP contribution in [0.25, 0.3) is 0 Å². The summed E-state index contributed by atoms with van der Waals surface area (Å²) in [6, 6.07) is 0. The Kier molecular flexibility index (Phi) is 5.40. The van der Waals surface area contributed by atoms with Crippen LogP contribution in [-0.2, 0) is 9.53 Å². The average molecular weight is 267 g/mol. The van der Waals surface area contributed by atoms with Crippen molar-refractivity contribution in [3.8, 4) is 0 Å². The zero-order valence-electron chi connectivity index (χ0n) is 12.6. The molecule has 2 saturated heterocycles. The maximum atomic E-state index is 12.7. The number of likely N-dealkylation sites (tertiary alicyclic amines) is 1. The van der Waals surface area contributed by atoms with E-state index in [1.807, 2.05) is 0 Å². The van der Waals surface area contributed by atoms with E-state index in [9.17, 15) is 4.79 Å². The van der Waals surface area contributed by atoms with E-state index < -0.39 is 0 Å². The lowest BCUT2D eigenvalue weighted by Crippen LogP contribution is -2.51. The summed E-state index contributed by atoms with van der Waals surface area (Å²) >= 11 is 0. The quantitative estimate of drug-likeness (QED) is 0.784. The summed E-state index contributed by atoms with van der Waals surface area (Å²) < 4.78 is 5.38. The molecule has 0 spiro atoms. The van der Waals surface area contributed by atoms with Gasteiger partial charge in [-0.15, -0.1) is 0 Å². The Labute approximate surface area is 117 Å². The van der Waals surface area contributed by atoms with Crippen molar-refractivity contribution in [2.75, 3.05) is 26.3 Å². The van der Waals surface area contributed by atoms with Gasteiger partial charge in [0.05, 0.1) is 5.54 Å². The maximum absolute atomic E-state index is 12.7. The van der Waals surface area contributed by atoms with Gasteiger partial charge in [-0.2, -0.15) is 0 Å². The van der Waals surface area contributed by atoms with E-state index >= 15 is 0 Å². The Hall–Kier alpha value is -0.410. The summed E-state index contributed by atoms with van der Waals surface area (Å²) in [5.74, 6) is 0.980. The molecule has 0 aromatic heterocycles. The topological polar surface area (TPSA) is 29.5 Å². The van der Waals surface area contributed by atoms with Crippen LogP contribution in [0.1, 0.15) is 58.8 Å². The largest absolute Gasteiger partial charge is 0.381 e. The van der Waals surface area contributed by atoms with Gasteiger partial charge in [0.25, 0.3) is 0 Å². The molecular formula is C16H29NO2. The first-order chi connectivity index (χ1) is 9.10. The van der Waals surface area contributed by atoms with E-state index in [0.29, 0.717) is 11.7 Å². The Balaban J connectivity index is 1.90. The van der Waals surface area contributed by atoms with Crippen LogP contribution in [0, 0.1) is 5.92 Å². The van der Waals surface area contributed by atoms with Gasteiger partial charge in [-0.25, -0.2) is 0 Å². The molecule has 0 N–H and O–H groups in total. The molecule has 0 atom stereocenters. The fourth-order valence-electron chi connectivity index (χ4n) is 3.27. The molecule has 110 valence electrons. The first-order valence-corrected chi connectivity index (χ1v) is 7.97. The molecule has 2 aliphatic heterocycles. The van der Waals surface area contributed by atoms with E-state index in [0.717, 1.165) is 45.6 Å². The number of Topliss-reactive ketones (excluding diaryl/α,β-unsaturated/α-hetero) is 1. The highest BCUT2D eigenvalue weighted by Crippen LogP contribution is 2.26. The highest BCUT2D eigenvalue weighted by molar-refractivity contribution is 5.87. The van der Waals surface area contributed by atoms with Gasteiger partial charge in [0.2, 0.25) is 0 Å². The van der Waals surface area contributed by atoms with Crippen molar-refractivity contribution in [3.05, 3.63) is 0 Å². The van der Waals surface area contributed by atoms with Gasteiger partial charge < -0.3 is 4.74 Å². The predicted molar refractivity (Wildman–Crippen MR) is 77.3 cm³/mol. The second-order valence-electron chi connectivity index (χ2n) is 6.64. The van der Waals surface area contributed by atoms with E-state index in [-0.39, 0.29) is 5.54 Å². The van der Waals surface area contributed by atoms with Crippen LogP contribution in [0.5, 0.6) is 0 Å². The third kappa shape index (κ3) is 4.03. The summed E-state index contributed by atoms with van der Waals surface area (Å²) in [7, 11) is 0. The Morgan fingerprint density at radius 2 is 1.68 bits per heavy atom. The van der Waals surface area contributed by atoms with Gasteiger partial charge in [-0.3, -0.25) is 9.69 Å². The monoisotopic (exact) mass is 267 g/mol. The molecule has 0 aromatic carbocycles. The van der Waals surface area contributed by atoms with Crippen molar-refractivity contribution in [2.24, 2.45) is 5.92 Å². The van der Waals surface area contributed by atoms with Gasteiger partial charge in [0, 0.05) is 19.6 Å². The second kappa shape index (κ2) is 6.85. The number of rotatable bonds is 4. The lowest BCUT2D eigenvalue weighted by molar-refractivity contribution is -0.131. The molecule has 0 unspecified atom stereocenters. The molecule has 0 saturated carbocycles. The Morgan fingerprint density at radius 3 is 2.26 bits per heavy atom. The number of carbonyl (C=O) groups excluding carboxylic acids is 1. The number of ketones is 1. The Bertz CT molecular complexity index is 287. The fourth-order valence-corrected chi connectivity index (χ4v) is 3.27. The van der Waals surface area contributed by atoms with Crippen molar-refractivity contribution in [1.82, 2.24) is 4.90 Å². The number of hydrogen-bond acceptors (Lipinski definition) is 3. The second-order valence-corrected chi connectivity index (χ2v) is 6.64. The van der Waals surface area contributed by atoms with Gasteiger partial charge in [-0.05, 0) is 58.5 Å². The van der Waals surface area contributed by atoms with Crippen molar-refractivity contribution >= 4 is 5.78 Å². The molecule has 0 bridgehead atoms. The van der Waals surface area contributed by atoms with Crippen LogP contribution in [0.15, 0.2) is 0 Å². The molecule has 0 amide bonds. The third-order valence-electron chi connectivity index (χ3n) is 4.89. The van der Waals surface area contributed by atoms with Crippen molar-refractivity contribution in [3.63, 3.8) is 0 Å². The zero-order chi connectivity index (χ0) is 13.7. The molecular weight excluding hydrogens is 238 g/mol. The van der Waals surface area contributed by atoms with E-state index in [1.54, 1.807) is 0 Å². The predicted octanol–water partition coefficient (Wildman–Crippen LogP) is 3.03. The van der Waals surface area contributed by atoms with E-state index in [1.165, 1.54) is 25.7 Å². The minimum atomic E-state index is -0.275. The molecule has 2 fully saturated rings. The minimum Gasteiger partial charge on any atom is -0.381 e. The van der Waals surface area contributed by atoms with Crippen molar-refractivity contribution in [1.29, 1.82) is 0 Å². The normalized spacial score (nSPS) is 24.1. The SMILES string of the molecule is CC(C)(C(=O)CC1CCOCC1)N1CCCCCC1. The molecule has 2 heterocycles. The molecule has 0 aromatic rings. The summed E-state index contributed by atoms with van der Waals surface area (Å²) in [6.45, 7) is 8.10. The smallest absolute Gasteiger partial charge is 0.152 e. The standard InChI is InChI=1S/C16H29NO2/c1-16(2,17-9-5-3-4-6-10-17)15(18)13-14-7-11-19-12-8-14/h14H,3-13H2,1-2H3.